The van der Waals surface area contributed by atoms with E-state index in [2.05, 4.69) is 43.4 Å². The van der Waals surface area contributed by atoms with Crippen LogP contribution in [0.25, 0.3) is 0 Å². The van der Waals surface area contributed by atoms with E-state index in [9.17, 15) is 0 Å². The highest BCUT2D eigenvalue weighted by Crippen LogP contribution is 2.15. The molecule has 2 atom stereocenters. The monoisotopic (exact) mass is 263 g/mol. The van der Waals surface area contributed by atoms with Gasteiger partial charge in [-0.2, -0.15) is 0 Å². The van der Waals surface area contributed by atoms with Crippen molar-refractivity contribution in [3.8, 4) is 5.75 Å². The van der Waals surface area contributed by atoms with E-state index in [1.54, 1.807) is 0 Å². The summed E-state index contributed by atoms with van der Waals surface area (Å²) in [6.45, 7) is 6.99. The number of nitrogens with one attached hydrogen (secondary N) is 1. The van der Waals surface area contributed by atoms with E-state index in [4.69, 9.17) is 9.47 Å². The van der Waals surface area contributed by atoms with Gasteiger partial charge in [0.1, 0.15) is 5.75 Å². The van der Waals surface area contributed by atoms with Crippen molar-refractivity contribution < 1.29 is 9.47 Å². The second-order valence-corrected chi connectivity index (χ2v) is 5.25. The summed E-state index contributed by atoms with van der Waals surface area (Å²) in [6.07, 6.45) is 4.12. The molecule has 1 fully saturated rings. The maximum absolute atomic E-state index is 5.76. The molecule has 2 rings (SSSR count). The van der Waals surface area contributed by atoms with Crippen molar-refractivity contribution in [2.45, 2.75) is 51.9 Å². The fourth-order valence-corrected chi connectivity index (χ4v) is 2.18. The van der Waals surface area contributed by atoms with Gasteiger partial charge in [0.25, 0.3) is 0 Å². The zero-order valence-corrected chi connectivity index (χ0v) is 12.0. The first-order valence-corrected chi connectivity index (χ1v) is 7.36. The van der Waals surface area contributed by atoms with Crippen LogP contribution in [0, 0.1) is 0 Å². The van der Waals surface area contributed by atoms with Gasteiger partial charge in [-0.3, -0.25) is 0 Å². The highest BCUT2D eigenvalue weighted by atomic mass is 16.5. The fraction of sp³-hybridized carbons (Fsp3) is 0.625. The lowest BCUT2D eigenvalue weighted by atomic mass is 10.2. The van der Waals surface area contributed by atoms with Crippen LogP contribution in [0.4, 0.5) is 0 Å². The van der Waals surface area contributed by atoms with E-state index < -0.39 is 0 Å². The van der Waals surface area contributed by atoms with Crippen molar-refractivity contribution >= 4 is 0 Å². The first-order valence-electron chi connectivity index (χ1n) is 7.36. The van der Waals surface area contributed by atoms with Crippen molar-refractivity contribution in [3.05, 3.63) is 29.8 Å². The molecule has 0 aliphatic carbocycles. The zero-order valence-electron chi connectivity index (χ0n) is 12.0. The van der Waals surface area contributed by atoms with Crippen molar-refractivity contribution in [3.63, 3.8) is 0 Å². The first kappa shape index (κ1) is 14.4. The summed E-state index contributed by atoms with van der Waals surface area (Å²) in [6, 6.07) is 8.35. The quantitative estimate of drug-likeness (QED) is 0.820. The highest BCUT2D eigenvalue weighted by molar-refractivity contribution is 5.27. The highest BCUT2D eigenvalue weighted by Gasteiger charge is 2.14. The maximum Gasteiger partial charge on any atom is 0.119 e. The van der Waals surface area contributed by atoms with Gasteiger partial charge in [-0.1, -0.05) is 19.1 Å². The number of hydrogen-bond donors (Lipinski definition) is 1. The van der Waals surface area contributed by atoms with Crippen molar-refractivity contribution in [2.24, 2.45) is 0 Å². The summed E-state index contributed by atoms with van der Waals surface area (Å²) in [5.41, 5.74) is 1.29. The van der Waals surface area contributed by atoms with Crippen LogP contribution >= 0.6 is 0 Å². The summed E-state index contributed by atoms with van der Waals surface area (Å²) >= 11 is 0. The molecule has 0 spiro atoms. The molecule has 3 nitrogen and oxygen atoms in total. The van der Waals surface area contributed by atoms with Crippen LogP contribution in [0.3, 0.4) is 0 Å². The van der Waals surface area contributed by atoms with Crippen LogP contribution in [0.15, 0.2) is 24.3 Å². The fourth-order valence-electron chi connectivity index (χ4n) is 2.18. The lowest BCUT2D eigenvalue weighted by molar-refractivity contribution is 0.110. The van der Waals surface area contributed by atoms with Crippen LogP contribution in [0.2, 0.25) is 0 Å². The van der Waals surface area contributed by atoms with Crippen molar-refractivity contribution in [2.75, 3.05) is 13.2 Å². The predicted octanol–water partition coefficient (Wildman–Crippen LogP) is 3.13. The maximum atomic E-state index is 5.76. The van der Waals surface area contributed by atoms with E-state index in [-0.39, 0.29) is 6.10 Å². The van der Waals surface area contributed by atoms with Crippen LogP contribution in [-0.2, 0) is 11.3 Å². The van der Waals surface area contributed by atoms with Gasteiger partial charge in [0, 0.05) is 19.7 Å². The van der Waals surface area contributed by atoms with Crippen molar-refractivity contribution in [1.29, 1.82) is 0 Å². The van der Waals surface area contributed by atoms with Gasteiger partial charge in [-0.15, -0.1) is 0 Å². The molecular formula is C16H25NO2. The lowest BCUT2D eigenvalue weighted by Crippen LogP contribution is -2.25. The second-order valence-electron chi connectivity index (χ2n) is 5.25. The molecule has 19 heavy (non-hydrogen) atoms. The molecule has 106 valence electrons. The molecule has 0 aromatic heterocycles. The van der Waals surface area contributed by atoms with Gasteiger partial charge in [0.15, 0.2) is 0 Å². The number of benzene rings is 1. The van der Waals surface area contributed by atoms with Gasteiger partial charge in [-0.05, 0) is 43.9 Å². The summed E-state index contributed by atoms with van der Waals surface area (Å²) in [7, 11) is 0. The Hall–Kier alpha value is -1.06. The Morgan fingerprint density at radius 2 is 2.16 bits per heavy atom. The van der Waals surface area contributed by atoms with Crippen LogP contribution in [0.1, 0.15) is 38.7 Å². The predicted molar refractivity (Wildman–Crippen MR) is 77.5 cm³/mol. The van der Waals surface area contributed by atoms with E-state index in [1.807, 2.05) is 0 Å². The van der Waals surface area contributed by atoms with E-state index in [1.165, 1.54) is 18.4 Å². The standard InChI is InChI=1S/C16H25NO2/c1-3-13(2)19-15-8-6-14(7-9-15)11-17-12-16-5-4-10-18-16/h6-9,13,16-17H,3-5,10-12H2,1-2H3/t13-,16+/m0/s1. The number of rotatable bonds is 7. The molecule has 0 bridgehead atoms. The van der Waals surface area contributed by atoms with Gasteiger partial charge in [-0.25, -0.2) is 0 Å². The molecule has 1 saturated heterocycles. The molecule has 3 heteroatoms. The van der Waals surface area contributed by atoms with Crippen molar-refractivity contribution in [1.82, 2.24) is 5.32 Å². The summed E-state index contributed by atoms with van der Waals surface area (Å²) in [4.78, 5) is 0. The normalized spacial score (nSPS) is 20.4. The third-order valence-electron chi connectivity index (χ3n) is 3.56. The van der Waals surface area contributed by atoms with Gasteiger partial charge < -0.3 is 14.8 Å². The second kappa shape index (κ2) is 7.51. The summed E-state index contributed by atoms with van der Waals surface area (Å²) in [5.74, 6) is 0.956. The minimum absolute atomic E-state index is 0.281. The van der Waals surface area contributed by atoms with E-state index in [0.717, 1.165) is 31.9 Å². The largest absolute Gasteiger partial charge is 0.491 e. The third kappa shape index (κ3) is 4.84. The third-order valence-corrected chi connectivity index (χ3v) is 3.56. The zero-order chi connectivity index (χ0) is 13.5. The Morgan fingerprint density at radius 1 is 1.37 bits per heavy atom. The SMILES string of the molecule is CC[C@H](C)Oc1ccc(CNC[C@H]2CCCO2)cc1. The molecule has 0 amide bonds. The average molecular weight is 263 g/mol. The van der Waals surface area contributed by atoms with E-state index >= 15 is 0 Å². The molecule has 0 saturated carbocycles. The summed E-state index contributed by atoms with van der Waals surface area (Å²) in [5, 5.41) is 3.45. The average Bonchev–Trinajstić information content (AvgIpc) is 2.94. The molecule has 0 radical (unpaired) electrons. The Morgan fingerprint density at radius 3 is 2.79 bits per heavy atom. The molecule has 1 aromatic rings. The summed E-state index contributed by atoms with van der Waals surface area (Å²) < 4.78 is 11.3. The van der Waals surface area contributed by atoms with Gasteiger partial charge >= 0.3 is 0 Å². The first-order chi connectivity index (χ1) is 9.28. The molecular weight excluding hydrogens is 238 g/mol. The Labute approximate surface area is 116 Å². The Balaban J connectivity index is 1.71. The van der Waals surface area contributed by atoms with Gasteiger partial charge in [0.05, 0.1) is 12.2 Å². The molecule has 0 unspecified atom stereocenters. The van der Waals surface area contributed by atoms with Crippen LogP contribution in [0.5, 0.6) is 5.75 Å². The number of hydrogen-bond acceptors (Lipinski definition) is 3. The minimum Gasteiger partial charge on any atom is -0.491 e. The molecule has 1 aromatic carbocycles. The minimum atomic E-state index is 0.281. The molecule has 1 aliphatic heterocycles. The molecule has 1 heterocycles. The Kier molecular flexibility index (Phi) is 5.67. The van der Waals surface area contributed by atoms with Crippen LogP contribution in [-0.4, -0.2) is 25.4 Å². The Bertz CT molecular complexity index is 358. The molecule has 1 N–H and O–H groups in total. The molecule has 1 aliphatic rings. The van der Waals surface area contributed by atoms with Gasteiger partial charge in [0.2, 0.25) is 0 Å². The van der Waals surface area contributed by atoms with E-state index in [0.29, 0.717) is 6.10 Å². The lowest BCUT2D eigenvalue weighted by Gasteiger charge is -2.13. The number of ether oxygens (including phenoxy) is 2. The smallest absolute Gasteiger partial charge is 0.119 e. The topological polar surface area (TPSA) is 30.5 Å². The van der Waals surface area contributed by atoms with Crippen LogP contribution < -0.4 is 10.1 Å².